The number of aliphatic hydroxyl groups is 1. The number of piperazine rings is 1. The van der Waals surface area contributed by atoms with Gasteiger partial charge >= 0.3 is 0 Å². The van der Waals surface area contributed by atoms with E-state index in [0.717, 1.165) is 88.9 Å². The number of aryl methyl sites for hydroxylation is 1. The number of hydrogen-bond donors (Lipinski definition) is 3. The molecule has 0 bridgehead atoms. The number of carbonyl (C=O) groups is 4. The Morgan fingerprint density at radius 2 is 1.64 bits per heavy atom. The van der Waals surface area contributed by atoms with Gasteiger partial charge in [0.15, 0.2) is 5.82 Å². The zero-order valence-electron chi connectivity index (χ0n) is 44.0. The number of imide groups is 1. The highest BCUT2D eigenvalue weighted by Crippen LogP contribution is 2.42. The number of anilines is 6. The van der Waals surface area contributed by atoms with Crippen LogP contribution in [-0.4, -0.2) is 115 Å². The molecule has 1 radical (unpaired) electrons. The molecule has 6 aliphatic rings. The van der Waals surface area contributed by atoms with E-state index in [-0.39, 0.29) is 58.5 Å². The first-order valence-corrected chi connectivity index (χ1v) is 26.7. The number of carbonyl (C=O) groups excluding carboxylic acids is 4. The lowest BCUT2D eigenvalue weighted by Crippen LogP contribution is -2.58. The monoisotopic (exact) mass is 1010 g/mol. The van der Waals surface area contributed by atoms with Gasteiger partial charge in [-0.25, -0.2) is 9.97 Å². The molecule has 2 aliphatic carbocycles. The third-order valence-corrected chi connectivity index (χ3v) is 16.9. The maximum Gasteiger partial charge on any atom is 0.293 e. The Labute approximate surface area is 438 Å². The minimum absolute atomic E-state index is 0.0349. The summed E-state index contributed by atoms with van der Waals surface area (Å²) in [6.07, 6.45) is 11.8. The van der Waals surface area contributed by atoms with E-state index in [4.69, 9.17) is 4.98 Å². The number of aliphatic hydroxyl groups excluding tert-OH is 1. The Morgan fingerprint density at radius 1 is 0.853 bits per heavy atom. The van der Waals surface area contributed by atoms with Gasteiger partial charge in [0, 0.05) is 111 Å². The number of rotatable bonds is 11. The molecular formula is C58H68N11O6. The van der Waals surface area contributed by atoms with Crippen LogP contribution in [0.3, 0.4) is 0 Å². The zero-order valence-corrected chi connectivity index (χ0v) is 44.0. The van der Waals surface area contributed by atoms with E-state index in [9.17, 15) is 29.1 Å². The summed E-state index contributed by atoms with van der Waals surface area (Å²) in [5.74, 6) is 0.964. The molecule has 0 spiro atoms. The van der Waals surface area contributed by atoms with Gasteiger partial charge in [-0.2, -0.15) is 0 Å². The van der Waals surface area contributed by atoms with E-state index in [1.54, 1.807) is 36.5 Å². The number of aromatic nitrogens is 4. The third kappa shape index (κ3) is 9.10. The van der Waals surface area contributed by atoms with Gasteiger partial charge in [-0.1, -0.05) is 27.4 Å². The highest BCUT2D eigenvalue weighted by molar-refractivity contribution is 6.22. The summed E-state index contributed by atoms with van der Waals surface area (Å²) >= 11 is 0. The van der Waals surface area contributed by atoms with E-state index >= 15 is 0 Å². The molecule has 391 valence electrons. The van der Waals surface area contributed by atoms with Gasteiger partial charge in [-0.15, -0.1) is 0 Å². The molecular weight excluding hydrogens is 947 g/mol. The van der Waals surface area contributed by atoms with Gasteiger partial charge in [0.2, 0.25) is 5.91 Å². The lowest BCUT2D eigenvalue weighted by atomic mass is 9.86. The SMILES string of the molecule is C=CC(=O)Nc1cc(Nc2nc(-c3ccnc(N4CCn5c(cc6c5CC(C)(C)C6)C4=O)c3CO)cn(C)c2=O)ccc1N1CCN(C2CCN(c3ccc4c(c3)C(=O)N(C3CC[C](C)CC3)C4=O)[C@H](C)C2)C[C@@H]1C. The van der Waals surface area contributed by atoms with Crippen LogP contribution in [0.1, 0.15) is 121 Å². The van der Waals surface area contributed by atoms with Crippen molar-refractivity contribution in [1.82, 2.24) is 28.9 Å². The molecule has 1 saturated carbocycles. The molecule has 4 amide bonds. The fourth-order valence-electron chi connectivity index (χ4n) is 13.0. The van der Waals surface area contributed by atoms with E-state index in [1.165, 1.54) is 32.7 Å². The zero-order chi connectivity index (χ0) is 52.6. The lowest BCUT2D eigenvalue weighted by Gasteiger charge is -2.48. The molecule has 2 aromatic carbocycles. The molecule has 17 heteroatoms. The minimum atomic E-state index is -0.413. The van der Waals surface area contributed by atoms with Crippen molar-refractivity contribution in [2.45, 2.75) is 123 Å². The van der Waals surface area contributed by atoms with Crippen molar-refractivity contribution in [2.24, 2.45) is 12.5 Å². The summed E-state index contributed by atoms with van der Waals surface area (Å²) in [5, 5.41) is 17.1. The van der Waals surface area contributed by atoms with Crippen LogP contribution in [0, 0.1) is 11.3 Å². The summed E-state index contributed by atoms with van der Waals surface area (Å²) < 4.78 is 3.57. The fraction of sp³-hybridized carbons (Fsp3) is 0.448. The lowest BCUT2D eigenvalue weighted by molar-refractivity contribution is -0.111. The predicted molar refractivity (Wildman–Crippen MR) is 291 cm³/mol. The highest BCUT2D eigenvalue weighted by Gasteiger charge is 2.43. The van der Waals surface area contributed by atoms with Crippen LogP contribution in [0.4, 0.5) is 34.4 Å². The smallest absolute Gasteiger partial charge is 0.293 e. The maximum absolute atomic E-state index is 14.1. The van der Waals surface area contributed by atoms with Crippen molar-refractivity contribution in [3.8, 4) is 11.3 Å². The third-order valence-electron chi connectivity index (χ3n) is 16.9. The van der Waals surface area contributed by atoms with Crippen molar-refractivity contribution >= 4 is 58.0 Å². The summed E-state index contributed by atoms with van der Waals surface area (Å²) in [5.41, 5.74) is 8.13. The first kappa shape index (κ1) is 50.1. The van der Waals surface area contributed by atoms with Crippen LogP contribution in [0.15, 0.2) is 78.4 Å². The number of pyridine rings is 1. The molecule has 3 aromatic heterocycles. The van der Waals surface area contributed by atoms with Crippen molar-refractivity contribution < 1.29 is 24.3 Å². The Kier molecular flexibility index (Phi) is 13.0. The van der Waals surface area contributed by atoms with Crippen LogP contribution in [0.5, 0.6) is 0 Å². The van der Waals surface area contributed by atoms with Crippen LogP contribution >= 0.6 is 0 Å². The van der Waals surface area contributed by atoms with E-state index in [0.29, 0.717) is 70.0 Å². The van der Waals surface area contributed by atoms with Gasteiger partial charge in [0.05, 0.1) is 34.8 Å². The second-order valence-electron chi connectivity index (χ2n) is 22.5. The number of piperidine rings is 1. The average Bonchev–Trinajstić information content (AvgIpc) is 3.99. The van der Waals surface area contributed by atoms with Gasteiger partial charge in [-0.05, 0) is 137 Å². The van der Waals surface area contributed by atoms with Gasteiger partial charge in [0.1, 0.15) is 11.5 Å². The number of fused-ring (bicyclic) bond motifs is 4. The van der Waals surface area contributed by atoms with Crippen molar-refractivity contribution in [3.63, 3.8) is 0 Å². The van der Waals surface area contributed by atoms with Gasteiger partial charge < -0.3 is 34.7 Å². The van der Waals surface area contributed by atoms with Crippen LogP contribution in [-0.2, 0) is 37.8 Å². The largest absolute Gasteiger partial charge is 0.392 e. The number of amides is 4. The Balaban J connectivity index is 0.774. The number of nitrogens with zero attached hydrogens (tertiary/aromatic N) is 9. The second kappa shape index (κ2) is 19.5. The molecule has 4 aliphatic heterocycles. The number of nitrogens with one attached hydrogen (secondary N) is 2. The predicted octanol–water partition coefficient (Wildman–Crippen LogP) is 7.49. The molecule has 5 aromatic rings. The normalized spacial score (nSPS) is 22.1. The first-order valence-electron chi connectivity index (χ1n) is 26.7. The Morgan fingerprint density at radius 3 is 2.39 bits per heavy atom. The Hall–Kier alpha value is -7.11. The molecule has 2 saturated heterocycles. The molecule has 3 atom stereocenters. The standard InChI is InChI=1S/C58H68N11O6/c1-8-51(71)61-46-27-38(60-52-57(75)63(7)32-47(62-52)42-17-19-59-53(45(42)33-70)68-24-23-67-49(56(68)74)26-37-29-58(5,6)30-50(37)67)11-16-48(46)66-22-21-64(31-36(66)4)40-18-20-65(35(3)25-40)41-14-15-43-44(28-41)55(73)69(54(43)72)39-12-9-34(2)10-13-39/h8,11,14-17,19,26-28,32,35-36,39-40,70H,1,9-10,12-13,18,20-25,29-31,33H2,2-7H3,(H,60,62)(H,61,71)/t35-,36+,40?/m1/s1. The van der Waals surface area contributed by atoms with E-state index < -0.39 is 6.61 Å². The minimum Gasteiger partial charge on any atom is -0.392 e. The fourth-order valence-corrected chi connectivity index (χ4v) is 13.0. The summed E-state index contributed by atoms with van der Waals surface area (Å²) in [6.45, 7) is 18.6. The number of benzene rings is 2. The van der Waals surface area contributed by atoms with Crippen LogP contribution < -0.4 is 30.9 Å². The Bertz CT molecular complexity index is 3210. The van der Waals surface area contributed by atoms with Crippen LogP contribution in [0.2, 0.25) is 0 Å². The molecule has 7 heterocycles. The maximum atomic E-state index is 14.1. The molecule has 17 nitrogen and oxygen atoms in total. The van der Waals surface area contributed by atoms with Crippen LogP contribution in [0.25, 0.3) is 11.3 Å². The summed E-state index contributed by atoms with van der Waals surface area (Å²) in [4.78, 5) is 87.8. The topological polar surface area (TPSA) is 181 Å². The first-order chi connectivity index (χ1) is 36.0. The van der Waals surface area contributed by atoms with E-state index in [2.05, 4.69) is 76.1 Å². The van der Waals surface area contributed by atoms with Gasteiger partial charge in [0.25, 0.3) is 23.3 Å². The molecule has 1 unspecified atom stereocenters. The highest BCUT2D eigenvalue weighted by atomic mass is 16.3. The molecule has 11 rings (SSSR count). The molecule has 3 N–H and O–H groups in total. The molecule has 3 fully saturated rings. The van der Waals surface area contributed by atoms with E-state index in [1.807, 2.05) is 36.4 Å². The van der Waals surface area contributed by atoms with Crippen molar-refractivity contribution in [3.05, 3.63) is 123 Å². The summed E-state index contributed by atoms with van der Waals surface area (Å²) in [6, 6.07) is 15.8. The quantitative estimate of drug-likeness (QED) is 0.0878. The van der Waals surface area contributed by atoms with Crippen molar-refractivity contribution in [1.29, 1.82) is 0 Å². The summed E-state index contributed by atoms with van der Waals surface area (Å²) in [7, 11) is 1.64. The second-order valence-corrected chi connectivity index (χ2v) is 22.5. The number of hydrogen-bond acceptors (Lipinski definition) is 12. The average molecular weight is 1020 g/mol. The van der Waals surface area contributed by atoms with Crippen molar-refractivity contribution in [2.75, 3.05) is 58.1 Å². The van der Waals surface area contributed by atoms with Gasteiger partial charge in [-0.3, -0.25) is 38.7 Å². The molecule has 75 heavy (non-hydrogen) atoms.